The molecule has 6 atom stereocenters. The van der Waals surface area contributed by atoms with Crippen molar-refractivity contribution in [3.05, 3.63) is 12.2 Å². The molecular weight excluding hydrogens is 569 g/mol. The van der Waals surface area contributed by atoms with Gasteiger partial charge in [-0.25, -0.2) is 13.6 Å². The minimum Gasteiger partial charge on any atom is -0.460 e. The molecule has 0 aromatic rings. The molecule has 3 aliphatic rings. The first kappa shape index (κ1) is 35.1. The van der Waals surface area contributed by atoms with Gasteiger partial charge < -0.3 is 14.2 Å². The number of methoxy groups -OCH3 is 1. The lowest BCUT2D eigenvalue weighted by atomic mass is 9.68. The van der Waals surface area contributed by atoms with Crippen molar-refractivity contribution in [2.75, 3.05) is 7.11 Å². The molecule has 0 aromatic heterocycles. The first-order chi connectivity index (χ1) is 19.7. The average Bonchev–Trinajstić information content (AvgIpc) is 2.94. The van der Waals surface area contributed by atoms with Crippen LogP contribution in [0.2, 0.25) is 0 Å². The number of ether oxygens (including phenoxy) is 3. The summed E-state index contributed by atoms with van der Waals surface area (Å²) in [6, 6.07) is 0. The minimum absolute atomic E-state index is 0.0675. The Morgan fingerprint density at radius 3 is 1.98 bits per heavy atom. The predicted molar refractivity (Wildman–Crippen MR) is 144 cm³/mol. The number of halogens is 7. The third kappa shape index (κ3) is 10.4. The van der Waals surface area contributed by atoms with Gasteiger partial charge in [-0.15, -0.1) is 0 Å². The molecule has 3 fully saturated rings. The summed E-state index contributed by atoms with van der Waals surface area (Å²) in [7, 11) is 1.58. The van der Waals surface area contributed by atoms with Crippen molar-refractivity contribution in [3.8, 4) is 0 Å². The highest BCUT2D eigenvalue weighted by Gasteiger charge is 2.59. The van der Waals surface area contributed by atoms with E-state index in [1.54, 1.807) is 13.2 Å². The van der Waals surface area contributed by atoms with Gasteiger partial charge in [0.1, 0.15) is 6.17 Å². The second kappa shape index (κ2) is 15.6. The summed E-state index contributed by atoms with van der Waals surface area (Å²) in [6.45, 7) is 4.07. The third-order valence-corrected chi connectivity index (χ3v) is 9.85. The van der Waals surface area contributed by atoms with Gasteiger partial charge in [-0.2, -0.15) is 22.0 Å². The van der Waals surface area contributed by atoms with Crippen molar-refractivity contribution >= 4 is 5.97 Å². The summed E-state index contributed by atoms with van der Waals surface area (Å²) in [5.41, 5.74) is 0. The van der Waals surface area contributed by atoms with Gasteiger partial charge in [-0.05, 0) is 108 Å². The van der Waals surface area contributed by atoms with E-state index in [2.05, 4.69) is 11.7 Å². The Morgan fingerprint density at radius 1 is 0.857 bits per heavy atom. The fraction of sp³-hybridized carbons (Fsp3) is 0.903. The zero-order valence-electron chi connectivity index (χ0n) is 24.9. The molecule has 3 aliphatic carbocycles. The second-order valence-electron chi connectivity index (χ2n) is 12.8. The van der Waals surface area contributed by atoms with E-state index in [4.69, 9.17) is 9.47 Å². The normalized spacial score (nSPS) is 33.7. The van der Waals surface area contributed by atoms with Gasteiger partial charge in [0, 0.05) is 25.5 Å². The quantitative estimate of drug-likeness (QED) is 0.125. The van der Waals surface area contributed by atoms with E-state index in [1.165, 1.54) is 6.08 Å². The highest BCUT2D eigenvalue weighted by Crippen LogP contribution is 2.44. The highest BCUT2D eigenvalue weighted by atomic mass is 19.4. The van der Waals surface area contributed by atoms with Gasteiger partial charge in [0.2, 0.25) is 0 Å². The minimum atomic E-state index is -5.67. The summed E-state index contributed by atoms with van der Waals surface area (Å²) in [6.07, 6.45) is -5.23. The van der Waals surface area contributed by atoms with Gasteiger partial charge in [-0.3, -0.25) is 0 Å². The molecule has 0 aliphatic heterocycles. The number of hydrogen-bond donors (Lipinski definition) is 0. The topological polar surface area (TPSA) is 44.8 Å². The van der Waals surface area contributed by atoms with Crippen LogP contribution in [0.25, 0.3) is 0 Å². The van der Waals surface area contributed by atoms with Crippen LogP contribution >= 0.6 is 0 Å². The van der Waals surface area contributed by atoms with E-state index >= 15 is 0 Å². The molecule has 6 unspecified atom stereocenters. The van der Waals surface area contributed by atoms with E-state index in [9.17, 15) is 35.5 Å². The van der Waals surface area contributed by atoms with E-state index in [0.717, 1.165) is 44.9 Å². The zero-order chi connectivity index (χ0) is 31.1. The van der Waals surface area contributed by atoms with E-state index in [0.29, 0.717) is 49.4 Å². The van der Waals surface area contributed by atoms with Crippen LogP contribution in [-0.2, 0) is 19.0 Å². The van der Waals surface area contributed by atoms with Crippen molar-refractivity contribution < 1.29 is 49.7 Å². The lowest BCUT2D eigenvalue weighted by Gasteiger charge is -2.40. The van der Waals surface area contributed by atoms with Crippen LogP contribution in [0, 0.1) is 29.6 Å². The molecule has 11 heteroatoms. The van der Waals surface area contributed by atoms with Gasteiger partial charge >= 0.3 is 18.3 Å². The van der Waals surface area contributed by atoms with Crippen LogP contribution in [0.4, 0.5) is 30.7 Å². The zero-order valence-corrected chi connectivity index (χ0v) is 24.9. The summed E-state index contributed by atoms with van der Waals surface area (Å²) >= 11 is 0. The van der Waals surface area contributed by atoms with Crippen LogP contribution in [-0.4, -0.2) is 56.0 Å². The fourth-order valence-corrected chi connectivity index (χ4v) is 7.10. The lowest BCUT2D eigenvalue weighted by molar-refractivity contribution is -0.350. The summed E-state index contributed by atoms with van der Waals surface area (Å²) < 4.78 is 107. The first-order valence-corrected chi connectivity index (χ1v) is 15.5. The number of allylic oxidation sites excluding steroid dienone is 1. The molecule has 0 N–H and O–H groups in total. The second-order valence-corrected chi connectivity index (χ2v) is 12.8. The monoisotopic (exact) mass is 616 g/mol. The Labute approximate surface area is 245 Å². The van der Waals surface area contributed by atoms with E-state index < -0.39 is 36.7 Å². The maximum Gasteiger partial charge on any atom is 0.428 e. The molecule has 0 amide bonds. The molecule has 0 heterocycles. The molecule has 3 saturated carbocycles. The molecule has 3 rings (SSSR count). The fourth-order valence-electron chi connectivity index (χ4n) is 7.10. The summed E-state index contributed by atoms with van der Waals surface area (Å²) in [5, 5.41) is 0. The largest absolute Gasteiger partial charge is 0.460 e. The molecule has 244 valence electrons. The molecule has 0 spiro atoms. The number of alkyl halides is 7. The standard InChI is InChI=1S/C31H47F7O4/c1-19(4-5-20(2)41-28(39)17-13-24-12-16-26(40-3)18-27(24)32)21-6-8-22(9-7-21)23-10-14-25(15-11-23)42-31(37,38)29(33)30(34,35)36/h13,17,19-27,29H,4-12,14-16,18H2,1-3H3/b17-13+. The maximum absolute atomic E-state index is 14.3. The number of rotatable bonds is 12. The summed E-state index contributed by atoms with van der Waals surface area (Å²) in [4.78, 5) is 12.3. The van der Waals surface area contributed by atoms with Crippen molar-refractivity contribution in [1.29, 1.82) is 0 Å². The molecule has 0 bridgehead atoms. The van der Waals surface area contributed by atoms with Crippen molar-refractivity contribution in [2.24, 2.45) is 29.6 Å². The Hall–Kier alpha value is -1.36. The Balaban J connectivity index is 1.31. The SMILES string of the molecule is COC1CCC(/C=C/C(=O)OC(C)CCC(C)C2CCC(C3CCC(OC(F)(F)C(F)C(F)(F)F)CC3)CC2)C(F)C1. The molecule has 42 heavy (non-hydrogen) atoms. The summed E-state index contributed by atoms with van der Waals surface area (Å²) in [5.74, 6) is 0.989. The van der Waals surface area contributed by atoms with Crippen LogP contribution in [0.1, 0.15) is 97.3 Å². The lowest BCUT2D eigenvalue weighted by Crippen LogP contribution is -2.46. The number of esters is 1. The third-order valence-electron chi connectivity index (χ3n) is 9.85. The molecule has 0 radical (unpaired) electrons. The molecule has 0 aromatic carbocycles. The Kier molecular flexibility index (Phi) is 13.0. The first-order valence-electron chi connectivity index (χ1n) is 15.5. The van der Waals surface area contributed by atoms with Crippen molar-refractivity contribution in [3.63, 3.8) is 0 Å². The van der Waals surface area contributed by atoms with Crippen molar-refractivity contribution in [2.45, 2.75) is 140 Å². The van der Waals surface area contributed by atoms with Gasteiger partial charge in [0.05, 0.1) is 18.3 Å². The van der Waals surface area contributed by atoms with Gasteiger partial charge in [0.15, 0.2) is 0 Å². The predicted octanol–water partition coefficient (Wildman–Crippen LogP) is 8.92. The highest BCUT2D eigenvalue weighted by molar-refractivity contribution is 5.82. The van der Waals surface area contributed by atoms with Gasteiger partial charge in [0.25, 0.3) is 6.17 Å². The Bertz CT molecular complexity index is 851. The Morgan fingerprint density at radius 2 is 1.43 bits per heavy atom. The molecular formula is C31H47F7O4. The van der Waals surface area contributed by atoms with Crippen molar-refractivity contribution in [1.82, 2.24) is 0 Å². The van der Waals surface area contributed by atoms with E-state index in [1.807, 2.05) is 6.92 Å². The molecule has 0 saturated heterocycles. The average molecular weight is 617 g/mol. The van der Waals surface area contributed by atoms with E-state index in [-0.39, 0.29) is 31.0 Å². The number of carbonyl (C=O) groups excluding carboxylic acids is 1. The number of carbonyl (C=O) groups is 1. The van der Waals surface area contributed by atoms with Crippen LogP contribution in [0.15, 0.2) is 12.2 Å². The maximum atomic E-state index is 14.3. The van der Waals surface area contributed by atoms with Crippen LogP contribution in [0.3, 0.4) is 0 Å². The molecule has 4 nitrogen and oxygen atoms in total. The van der Waals surface area contributed by atoms with Crippen LogP contribution in [0.5, 0.6) is 0 Å². The number of hydrogen-bond acceptors (Lipinski definition) is 4. The van der Waals surface area contributed by atoms with Gasteiger partial charge in [-0.1, -0.05) is 13.0 Å². The smallest absolute Gasteiger partial charge is 0.428 e. The van der Waals surface area contributed by atoms with Crippen LogP contribution < -0.4 is 0 Å².